The molecule has 19 heavy (non-hydrogen) atoms. The van der Waals surface area contributed by atoms with Crippen LogP contribution in [0.2, 0.25) is 0 Å². The van der Waals surface area contributed by atoms with Crippen molar-refractivity contribution in [3.05, 3.63) is 35.4 Å². The third kappa shape index (κ3) is 5.90. The minimum atomic E-state index is -0.954. The molecule has 0 fully saturated rings. The maximum Gasteiger partial charge on any atom is 0.407 e. The molecule has 0 saturated carbocycles. The third-order valence-electron chi connectivity index (χ3n) is 2.60. The van der Waals surface area contributed by atoms with Gasteiger partial charge in [-0.2, -0.15) is 0 Å². The van der Waals surface area contributed by atoms with Crippen molar-refractivity contribution < 1.29 is 19.4 Å². The van der Waals surface area contributed by atoms with Crippen LogP contribution in [0.5, 0.6) is 0 Å². The molecule has 0 heterocycles. The van der Waals surface area contributed by atoms with E-state index in [-0.39, 0.29) is 19.6 Å². The van der Waals surface area contributed by atoms with Gasteiger partial charge in [0.25, 0.3) is 0 Å². The summed E-state index contributed by atoms with van der Waals surface area (Å²) in [5.41, 5.74) is 2.10. The minimum absolute atomic E-state index is 0.0696. The molecule has 0 aliphatic rings. The SMILES string of the molecule is CC(C)c1cccc(COC(=O)NCCC(=O)O)c1. The Balaban J connectivity index is 2.37. The van der Waals surface area contributed by atoms with E-state index in [1.54, 1.807) is 0 Å². The zero-order valence-electron chi connectivity index (χ0n) is 11.2. The Morgan fingerprint density at radius 3 is 2.74 bits per heavy atom. The summed E-state index contributed by atoms with van der Waals surface area (Å²) >= 11 is 0. The lowest BCUT2D eigenvalue weighted by Crippen LogP contribution is -2.26. The molecule has 0 unspecified atom stereocenters. The number of ether oxygens (including phenoxy) is 1. The second-order valence-corrected chi connectivity index (χ2v) is 4.55. The fraction of sp³-hybridized carbons (Fsp3) is 0.429. The van der Waals surface area contributed by atoms with Gasteiger partial charge in [-0.05, 0) is 17.0 Å². The normalized spacial score (nSPS) is 10.3. The Morgan fingerprint density at radius 2 is 2.11 bits per heavy atom. The predicted molar refractivity (Wildman–Crippen MR) is 71.0 cm³/mol. The van der Waals surface area contributed by atoms with Gasteiger partial charge in [-0.25, -0.2) is 4.79 Å². The lowest BCUT2D eigenvalue weighted by Gasteiger charge is -2.09. The van der Waals surface area contributed by atoms with E-state index in [9.17, 15) is 9.59 Å². The van der Waals surface area contributed by atoms with Crippen LogP contribution in [0, 0.1) is 0 Å². The van der Waals surface area contributed by atoms with Gasteiger partial charge in [-0.15, -0.1) is 0 Å². The summed E-state index contributed by atoms with van der Waals surface area (Å²) in [7, 11) is 0. The average Bonchev–Trinajstić information content (AvgIpc) is 2.36. The number of carboxylic acid groups (broad SMARTS) is 1. The minimum Gasteiger partial charge on any atom is -0.481 e. The fourth-order valence-electron chi connectivity index (χ4n) is 1.51. The molecule has 5 heteroatoms. The van der Waals surface area contributed by atoms with Gasteiger partial charge in [-0.3, -0.25) is 4.79 Å². The fourth-order valence-corrected chi connectivity index (χ4v) is 1.51. The molecule has 0 radical (unpaired) electrons. The number of hydrogen-bond acceptors (Lipinski definition) is 3. The molecule has 1 aromatic rings. The summed E-state index contributed by atoms with van der Waals surface area (Å²) in [6, 6.07) is 7.84. The second-order valence-electron chi connectivity index (χ2n) is 4.55. The monoisotopic (exact) mass is 265 g/mol. The summed E-state index contributed by atoms with van der Waals surface area (Å²) < 4.78 is 5.00. The smallest absolute Gasteiger partial charge is 0.407 e. The van der Waals surface area contributed by atoms with Crippen molar-refractivity contribution in [1.82, 2.24) is 5.32 Å². The van der Waals surface area contributed by atoms with Gasteiger partial charge in [0, 0.05) is 6.54 Å². The Bertz CT molecular complexity index is 443. The summed E-state index contributed by atoms with van der Waals surface area (Å²) in [4.78, 5) is 21.6. The molecule has 0 aliphatic carbocycles. The number of carbonyl (C=O) groups excluding carboxylic acids is 1. The van der Waals surface area contributed by atoms with E-state index in [1.807, 2.05) is 24.3 Å². The maximum absolute atomic E-state index is 11.3. The number of aliphatic carboxylic acids is 1. The van der Waals surface area contributed by atoms with Crippen molar-refractivity contribution in [2.24, 2.45) is 0 Å². The highest BCUT2D eigenvalue weighted by Gasteiger charge is 2.05. The van der Waals surface area contributed by atoms with Crippen LogP contribution >= 0.6 is 0 Å². The van der Waals surface area contributed by atoms with Crippen molar-refractivity contribution in [1.29, 1.82) is 0 Å². The molecule has 1 amide bonds. The molecule has 104 valence electrons. The van der Waals surface area contributed by atoms with Crippen molar-refractivity contribution >= 4 is 12.1 Å². The van der Waals surface area contributed by atoms with E-state index in [0.29, 0.717) is 5.92 Å². The highest BCUT2D eigenvalue weighted by Crippen LogP contribution is 2.15. The number of amides is 1. The summed E-state index contributed by atoms with van der Waals surface area (Å²) in [5, 5.41) is 10.8. The highest BCUT2D eigenvalue weighted by molar-refractivity contribution is 5.70. The first kappa shape index (κ1) is 15.0. The van der Waals surface area contributed by atoms with Crippen molar-refractivity contribution in [2.45, 2.75) is 32.8 Å². The van der Waals surface area contributed by atoms with Gasteiger partial charge >= 0.3 is 12.1 Å². The largest absolute Gasteiger partial charge is 0.481 e. The summed E-state index contributed by atoms with van der Waals surface area (Å²) in [5.74, 6) is -0.533. The first-order valence-corrected chi connectivity index (χ1v) is 6.20. The summed E-state index contributed by atoms with van der Waals surface area (Å²) in [6.45, 7) is 4.44. The number of alkyl carbamates (subject to hydrolysis) is 1. The van der Waals surface area contributed by atoms with Crippen molar-refractivity contribution in [3.8, 4) is 0 Å². The number of carboxylic acids is 1. The summed E-state index contributed by atoms with van der Waals surface area (Å²) in [6.07, 6.45) is -0.714. The van der Waals surface area contributed by atoms with Gasteiger partial charge in [0.15, 0.2) is 0 Å². The van der Waals surface area contributed by atoms with Crippen LogP contribution in [-0.4, -0.2) is 23.7 Å². The van der Waals surface area contributed by atoms with Crippen LogP contribution in [0.15, 0.2) is 24.3 Å². The van der Waals surface area contributed by atoms with Crippen LogP contribution in [0.25, 0.3) is 0 Å². The standard InChI is InChI=1S/C14H19NO4/c1-10(2)12-5-3-4-11(8-12)9-19-14(18)15-7-6-13(16)17/h3-5,8,10H,6-7,9H2,1-2H3,(H,15,18)(H,16,17). The first-order valence-electron chi connectivity index (χ1n) is 6.20. The number of hydrogen-bond donors (Lipinski definition) is 2. The Kier molecular flexibility index (Phi) is 5.85. The average molecular weight is 265 g/mol. The molecular formula is C14H19NO4. The van der Waals surface area contributed by atoms with Gasteiger partial charge in [0.05, 0.1) is 6.42 Å². The molecule has 1 aromatic carbocycles. The number of rotatable bonds is 6. The van der Waals surface area contributed by atoms with Crippen LogP contribution in [-0.2, 0) is 16.1 Å². The lowest BCUT2D eigenvalue weighted by atomic mass is 10.0. The van der Waals surface area contributed by atoms with E-state index >= 15 is 0 Å². The molecule has 0 aliphatic heterocycles. The van der Waals surface area contributed by atoms with Crippen LogP contribution < -0.4 is 5.32 Å². The Morgan fingerprint density at radius 1 is 1.37 bits per heavy atom. The Hall–Kier alpha value is -2.04. The first-order chi connectivity index (χ1) is 8.99. The van der Waals surface area contributed by atoms with E-state index in [2.05, 4.69) is 19.2 Å². The predicted octanol–water partition coefficient (Wildman–Crippen LogP) is 2.51. The molecular weight excluding hydrogens is 246 g/mol. The van der Waals surface area contributed by atoms with Crippen molar-refractivity contribution in [3.63, 3.8) is 0 Å². The maximum atomic E-state index is 11.3. The molecule has 0 spiro atoms. The number of benzene rings is 1. The van der Waals surface area contributed by atoms with Crippen LogP contribution in [0.1, 0.15) is 37.3 Å². The molecule has 2 N–H and O–H groups in total. The number of nitrogens with one attached hydrogen (secondary N) is 1. The molecule has 0 bridgehead atoms. The molecule has 0 atom stereocenters. The quantitative estimate of drug-likeness (QED) is 0.828. The van der Waals surface area contributed by atoms with Gasteiger partial charge in [-0.1, -0.05) is 38.1 Å². The molecule has 0 saturated heterocycles. The van der Waals surface area contributed by atoms with Crippen molar-refractivity contribution in [2.75, 3.05) is 6.54 Å². The lowest BCUT2D eigenvalue weighted by molar-refractivity contribution is -0.136. The zero-order valence-corrected chi connectivity index (χ0v) is 11.2. The highest BCUT2D eigenvalue weighted by atomic mass is 16.5. The van der Waals surface area contributed by atoms with E-state index in [4.69, 9.17) is 9.84 Å². The van der Waals surface area contributed by atoms with Crippen LogP contribution in [0.4, 0.5) is 4.79 Å². The second kappa shape index (κ2) is 7.41. The molecule has 5 nitrogen and oxygen atoms in total. The topological polar surface area (TPSA) is 75.6 Å². The molecule has 1 rings (SSSR count). The van der Waals surface area contributed by atoms with E-state index < -0.39 is 12.1 Å². The Labute approximate surface area is 112 Å². The van der Waals surface area contributed by atoms with Gasteiger partial charge < -0.3 is 15.2 Å². The number of carbonyl (C=O) groups is 2. The zero-order chi connectivity index (χ0) is 14.3. The van der Waals surface area contributed by atoms with Gasteiger partial charge in [0.2, 0.25) is 0 Å². The van der Waals surface area contributed by atoms with Gasteiger partial charge in [0.1, 0.15) is 6.61 Å². The van der Waals surface area contributed by atoms with E-state index in [0.717, 1.165) is 5.56 Å². The van der Waals surface area contributed by atoms with Crippen LogP contribution in [0.3, 0.4) is 0 Å². The van der Waals surface area contributed by atoms with E-state index in [1.165, 1.54) is 5.56 Å². The third-order valence-corrected chi connectivity index (χ3v) is 2.60. The molecule has 0 aromatic heterocycles.